The number of cyclic esters (lactones) is 1. The van der Waals surface area contributed by atoms with Gasteiger partial charge in [-0.3, -0.25) is 0 Å². The van der Waals surface area contributed by atoms with Gasteiger partial charge >= 0.3 is 5.97 Å². The molecule has 0 bridgehead atoms. The maximum Gasteiger partial charge on any atom is 0.331 e. The van der Waals surface area contributed by atoms with E-state index in [4.69, 9.17) is 14.2 Å². The van der Waals surface area contributed by atoms with E-state index in [1.807, 2.05) is 6.92 Å². The standard InChI is InChI=1S/C9H13BrO4/c1-2-12-9(4-10)14-6-7-3-8(11)13-5-7/h3,9H,2,4-6H2,1H3. The molecule has 14 heavy (non-hydrogen) atoms. The lowest BCUT2D eigenvalue weighted by Crippen LogP contribution is -2.20. The molecule has 1 unspecified atom stereocenters. The highest BCUT2D eigenvalue weighted by Gasteiger charge is 2.15. The van der Waals surface area contributed by atoms with E-state index < -0.39 is 0 Å². The number of ether oxygens (including phenoxy) is 3. The average molecular weight is 265 g/mol. The molecule has 80 valence electrons. The number of hydrogen-bond donors (Lipinski definition) is 0. The Morgan fingerprint density at radius 2 is 2.43 bits per heavy atom. The maximum absolute atomic E-state index is 10.7. The molecule has 0 aromatic carbocycles. The number of alkyl halides is 1. The van der Waals surface area contributed by atoms with E-state index in [9.17, 15) is 4.79 Å². The van der Waals surface area contributed by atoms with Crippen LogP contribution in [0.2, 0.25) is 0 Å². The Bertz CT molecular complexity index is 227. The molecule has 0 aromatic rings. The molecule has 1 atom stereocenters. The minimum atomic E-state index is -0.296. The van der Waals surface area contributed by atoms with Gasteiger partial charge in [0.1, 0.15) is 6.61 Å². The fraction of sp³-hybridized carbons (Fsp3) is 0.667. The van der Waals surface area contributed by atoms with Gasteiger partial charge in [0.2, 0.25) is 0 Å². The fourth-order valence-electron chi connectivity index (χ4n) is 1.02. The van der Waals surface area contributed by atoms with E-state index in [0.29, 0.717) is 25.2 Å². The molecule has 5 heteroatoms. The van der Waals surface area contributed by atoms with Gasteiger partial charge in [-0.25, -0.2) is 4.79 Å². The number of rotatable bonds is 6. The Balaban J connectivity index is 2.24. The van der Waals surface area contributed by atoms with E-state index in [2.05, 4.69) is 15.9 Å². The minimum absolute atomic E-state index is 0.267. The van der Waals surface area contributed by atoms with E-state index in [-0.39, 0.29) is 12.3 Å². The largest absolute Gasteiger partial charge is 0.458 e. The van der Waals surface area contributed by atoms with Crippen LogP contribution in [0, 0.1) is 0 Å². The molecule has 4 nitrogen and oxygen atoms in total. The van der Waals surface area contributed by atoms with Crippen molar-refractivity contribution < 1.29 is 19.0 Å². The minimum Gasteiger partial charge on any atom is -0.458 e. The van der Waals surface area contributed by atoms with Crippen molar-refractivity contribution in [3.05, 3.63) is 11.6 Å². The summed E-state index contributed by atoms with van der Waals surface area (Å²) in [6.45, 7) is 3.22. The average Bonchev–Trinajstić information content (AvgIpc) is 2.59. The molecule has 0 spiro atoms. The van der Waals surface area contributed by atoms with Crippen molar-refractivity contribution in [2.45, 2.75) is 13.2 Å². The van der Waals surface area contributed by atoms with E-state index in [1.54, 1.807) is 0 Å². The Labute approximate surface area is 91.3 Å². The highest BCUT2D eigenvalue weighted by molar-refractivity contribution is 9.09. The second-order valence-corrected chi connectivity index (χ2v) is 3.41. The van der Waals surface area contributed by atoms with E-state index in [0.717, 1.165) is 5.57 Å². The zero-order valence-electron chi connectivity index (χ0n) is 7.99. The Hall–Kier alpha value is -0.390. The van der Waals surface area contributed by atoms with Crippen LogP contribution in [0.25, 0.3) is 0 Å². The van der Waals surface area contributed by atoms with Crippen LogP contribution < -0.4 is 0 Å². The normalized spacial score (nSPS) is 17.9. The van der Waals surface area contributed by atoms with Crippen LogP contribution in [0.15, 0.2) is 11.6 Å². The summed E-state index contributed by atoms with van der Waals surface area (Å²) in [4.78, 5) is 10.7. The summed E-state index contributed by atoms with van der Waals surface area (Å²) in [6, 6.07) is 0. The third-order valence-electron chi connectivity index (χ3n) is 1.65. The fourth-order valence-corrected chi connectivity index (χ4v) is 1.39. The topological polar surface area (TPSA) is 44.8 Å². The van der Waals surface area contributed by atoms with Gasteiger partial charge in [0.05, 0.1) is 11.9 Å². The molecular formula is C9H13BrO4. The zero-order valence-corrected chi connectivity index (χ0v) is 9.58. The molecule has 0 aromatic heterocycles. The molecule has 0 fully saturated rings. The lowest BCUT2D eigenvalue weighted by atomic mass is 10.3. The quantitative estimate of drug-likeness (QED) is 0.412. The van der Waals surface area contributed by atoms with Gasteiger partial charge in [-0.15, -0.1) is 0 Å². The van der Waals surface area contributed by atoms with Crippen LogP contribution in [-0.4, -0.2) is 37.4 Å². The summed E-state index contributed by atoms with van der Waals surface area (Å²) >= 11 is 3.27. The number of esters is 1. The number of hydrogen-bond acceptors (Lipinski definition) is 4. The molecule has 0 radical (unpaired) electrons. The molecular weight excluding hydrogens is 252 g/mol. The molecule has 1 rings (SSSR count). The van der Waals surface area contributed by atoms with Crippen LogP contribution >= 0.6 is 15.9 Å². The van der Waals surface area contributed by atoms with Crippen LogP contribution in [0.4, 0.5) is 0 Å². The third kappa shape index (κ3) is 3.77. The number of halogens is 1. The van der Waals surface area contributed by atoms with Gasteiger partial charge in [-0.05, 0) is 12.5 Å². The summed E-state index contributed by atoms with van der Waals surface area (Å²) in [6.07, 6.45) is 1.19. The van der Waals surface area contributed by atoms with Crippen LogP contribution in [-0.2, 0) is 19.0 Å². The van der Waals surface area contributed by atoms with Crippen LogP contribution in [0.5, 0.6) is 0 Å². The van der Waals surface area contributed by atoms with Crippen LogP contribution in [0.1, 0.15) is 6.92 Å². The Morgan fingerprint density at radius 3 is 2.93 bits per heavy atom. The number of carbonyl (C=O) groups is 1. The molecule has 0 saturated heterocycles. The van der Waals surface area contributed by atoms with Gasteiger partial charge in [0.25, 0.3) is 0 Å². The summed E-state index contributed by atoms with van der Waals surface area (Å²) in [5, 5.41) is 0.614. The van der Waals surface area contributed by atoms with E-state index in [1.165, 1.54) is 6.08 Å². The second-order valence-electron chi connectivity index (χ2n) is 2.76. The first-order valence-corrected chi connectivity index (χ1v) is 5.53. The summed E-state index contributed by atoms with van der Waals surface area (Å²) in [5.74, 6) is -0.296. The molecule has 1 aliphatic heterocycles. The van der Waals surface area contributed by atoms with Gasteiger partial charge in [-0.1, -0.05) is 15.9 Å². The van der Waals surface area contributed by atoms with Gasteiger partial charge in [0, 0.05) is 12.7 Å². The Morgan fingerprint density at radius 1 is 1.64 bits per heavy atom. The lowest BCUT2D eigenvalue weighted by molar-refractivity contribution is -0.135. The highest BCUT2D eigenvalue weighted by atomic mass is 79.9. The maximum atomic E-state index is 10.7. The highest BCUT2D eigenvalue weighted by Crippen LogP contribution is 2.08. The third-order valence-corrected chi connectivity index (χ3v) is 2.18. The molecule has 1 aliphatic rings. The van der Waals surface area contributed by atoms with Crippen molar-refractivity contribution in [3.63, 3.8) is 0 Å². The smallest absolute Gasteiger partial charge is 0.331 e. The molecule has 0 N–H and O–H groups in total. The van der Waals surface area contributed by atoms with Crippen molar-refractivity contribution in [1.82, 2.24) is 0 Å². The second kappa shape index (κ2) is 6.16. The molecule has 0 amide bonds. The van der Waals surface area contributed by atoms with Crippen molar-refractivity contribution in [2.75, 3.05) is 25.2 Å². The Kier molecular flexibility index (Phi) is 5.14. The van der Waals surface area contributed by atoms with Gasteiger partial charge < -0.3 is 14.2 Å². The first-order valence-electron chi connectivity index (χ1n) is 4.41. The SMILES string of the molecule is CCOC(CBr)OCC1=CC(=O)OC1. The van der Waals surface area contributed by atoms with Gasteiger partial charge in [-0.2, -0.15) is 0 Å². The van der Waals surface area contributed by atoms with Crippen molar-refractivity contribution in [1.29, 1.82) is 0 Å². The van der Waals surface area contributed by atoms with Crippen molar-refractivity contribution in [3.8, 4) is 0 Å². The monoisotopic (exact) mass is 264 g/mol. The van der Waals surface area contributed by atoms with Crippen LogP contribution in [0.3, 0.4) is 0 Å². The number of carbonyl (C=O) groups excluding carboxylic acids is 1. The predicted molar refractivity (Wildman–Crippen MR) is 54.2 cm³/mol. The summed E-state index contributed by atoms with van der Waals surface area (Å²) in [5.41, 5.74) is 0.848. The summed E-state index contributed by atoms with van der Waals surface area (Å²) in [7, 11) is 0. The van der Waals surface area contributed by atoms with Crippen molar-refractivity contribution in [2.24, 2.45) is 0 Å². The molecule has 1 heterocycles. The first-order chi connectivity index (χ1) is 6.76. The molecule has 0 aliphatic carbocycles. The van der Waals surface area contributed by atoms with Gasteiger partial charge in [0.15, 0.2) is 6.29 Å². The molecule has 0 saturated carbocycles. The summed E-state index contributed by atoms with van der Waals surface area (Å²) < 4.78 is 15.4. The predicted octanol–water partition coefficient (Wildman–Crippen LogP) is 1.24. The lowest BCUT2D eigenvalue weighted by Gasteiger charge is -2.14. The van der Waals surface area contributed by atoms with Crippen molar-refractivity contribution >= 4 is 21.9 Å². The first kappa shape index (κ1) is 11.7. The van der Waals surface area contributed by atoms with E-state index >= 15 is 0 Å². The zero-order chi connectivity index (χ0) is 10.4.